The number of nitrogens with zero attached hydrogens (tertiary/aromatic N) is 2. The van der Waals surface area contributed by atoms with Crippen LogP contribution in [0.3, 0.4) is 0 Å². The monoisotopic (exact) mass is 470 g/mol. The van der Waals surface area contributed by atoms with Gasteiger partial charge in [-0.2, -0.15) is 0 Å². The fraction of sp³-hybridized carbons (Fsp3) is 0.538. The van der Waals surface area contributed by atoms with Crippen molar-refractivity contribution in [3.05, 3.63) is 56.7 Å². The van der Waals surface area contributed by atoms with Gasteiger partial charge in [-0.25, -0.2) is 4.98 Å². The number of thiophene rings is 1. The second kappa shape index (κ2) is 11.0. The largest absolute Gasteiger partial charge is 0.372 e. The highest BCUT2D eigenvalue weighted by Crippen LogP contribution is 2.36. The lowest BCUT2D eigenvalue weighted by Gasteiger charge is -2.26. The van der Waals surface area contributed by atoms with Crippen LogP contribution in [0.5, 0.6) is 0 Å². The molecule has 0 saturated carbocycles. The van der Waals surface area contributed by atoms with E-state index in [4.69, 9.17) is 9.72 Å². The maximum Gasteiger partial charge on any atom is 0.263 e. The van der Waals surface area contributed by atoms with Crippen LogP contribution in [0.2, 0.25) is 0 Å². The normalized spacial score (nSPS) is 16.1. The van der Waals surface area contributed by atoms with Crippen molar-refractivity contribution >= 4 is 33.3 Å². The van der Waals surface area contributed by atoms with E-state index >= 15 is 0 Å². The third kappa shape index (κ3) is 5.29. The lowest BCUT2D eigenvalue weighted by molar-refractivity contribution is 0.00200. The molecule has 4 rings (SSSR count). The molecule has 2 aromatic heterocycles. The highest BCUT2D eigenvalue weighted by Gasteiger charge is 2.28. The molecule has 0 amide bonds. The van der Waals surface area contributed by atoms with Gasteiger partial charge in [-0.15, -0.1) is 11.3 Å². The Morgan fingerprint density at radius 2 is 1.97 bits per heavy atom. The van der Waals surface area contributed by atoms with Gasteiger partial charge in [-0.1, -0.05) is 88.5 Å². The summed E-state index contributed by atoms with van der Waals surface area (Å²) in [6.07, 6.45) is 7.22. The molecule has 1 aliphatic heterocycles. The number of hydrogen-bond donors (Lipinski definition) is 0. The number of ether oxygens (including phenoxy) is 1. The number of aromatic nitrogens is 2. The summed E-state index contributed by atoms with van der Waals surface area (Å²) in [6.45, 7) is 7.77. The number of thioether (sulfide) groups is 1. The topological polar surface area (TPSA) is 44.1 Å². The Labute approximate surface area is 199 Å². The average molecular weight is 471 g/mol. The summed E-state index contributed by atoms with van der Waals surface area (Å²) >= 11 is 3.38. The highest BCUT2D eigenvalue weighted by atomic mass is 32.2. The summed E-state index contributed by atoms with van der Waals surface area (Å²) in [5.74, 6) is 1.43. The van der Waals surface area contributed by atoms with Gasteiger partial charge < -0.3 is 4.74 Å². The van der Waals surface area contributed by atoms with E-state index in [9.17, 15) is 4.79 Å². The molecule has 0 bridgehead atoms. The Balaban J connectivity index is 1.68. The first kappa shape index (κ1) is 23.5. The zero-order valence-corrected chi connectivity index (χ0v) is 21.1. The van der Waals surface area contributed by atoms with Crippen LogP contribution in [-0.4, -0.2) is 21.4 Å². The first-order valence-electron chi connectivity index (χ1n) is 11.9. The van der Waals surface area contributed by atoms with E-state index < -0.39 is 0 Å². The van der Waals surface area contributed by atoms with Crippen molar-refractivity contribution < 1.29 is 4.74 Å². The fourth-order valence-corrected chi connectivity index (χ4v) is 6.42. The van der Waals surface area contributed by atoms with Crippen LogP contribution < -0.4 is 5.56 Å². The maximum atomic E-state index is 13.8. The van der Waals surface area contributed by atoms with Gasteiger partial charge in [-0.05, 0) is 23.5 Å². The molecule has 3 heterocycles. The second-order valence-electron chi connectivity index (χ2n) is 9.02. The third-order valence-electron chi connectivity index (χ3n) is 6.20. The predicted molar refractivity (Wildman–Crippen MR) is 136 cm³/mol. The van der Waals surface area contributed by atoms with Gasteiger partial charge in [0.25, 0.3) is 5.56 Å². The minimum Gasteiger partial charge on any atom is -0.372 e. The van der Waals surface area contributed by atoms with Crippen molar-refractivity contribution in [2.45, 2.75) is 83.7 Å². The van der Waals surface area contributed by atoms with Crippen molar-refractivity contribution in [2.24, 2.45) is 5.92 Å². The molecule has 0 saturated heterocycles. The molecule has 32 heavy (non-hydrogen) atoms. The molecular weight excluding hydrogens is 436 g/mol. The molecule has 6 heteroatoms. The molecule has 4 nitrogen and oxygen atoms in total. The average Bonchev–Trinajstić information content (AvgIpc) is 3.16. The van der Waals surface area contributed by atoms with E-state index in [0.717, 1.165) is 39.5 Å². The Hall–Kier alpha value is -1.63. The van der Waals surface area contributed by atoms with Crippen molar-refractivity contribution in [3.63, 3.8) is 0 Å². The summed E-state index contributed by atoms with van der Waals surface area (Å²) in [7, 11) is 0. The van der Waals surface area contributed by atoms with Crippen LogP contribution in [0, 0.1) is 5.92 Å². The van der Waals surface area contributed by atoms with Crippen LogP contribution in [-0.2, 0) is 24.3 Å². The number of benzene rings is 1. The van der Waals surface area contributed by atoms with E-state index in [-0.39, 0.29) is 11.7 Å². The summed E-state index contributed by atoms with van der Waals surface area (Å²) in [5, 5.41) is 1.67. The fourth-order valence-electron chi connectivity index (χ4n) is 4.25. The molecule has 1 aromatic carbocycles. The standard InChI is InChI=1S/C26H34N2O2S2/c1-4-5-6-7-11-14-31-26-27-24-23(20-15-21(18(2)3)30-17-22(20)32-24)25(29)28(26)16-19-12-9-8-10-13-19/h8-10,12-13,18,21H,4-7,11,14-17H2,1-3H3/t21-/m1/s1. The number of fused-ring (bicyclic) bond motifs is 3. The van der Waals surface area contributed by atoms with Gasteiger partial charge in [-0.3, -0.25) is 9.36 Å². The Morgan fingerprint density at radius 3 is 2.72 bits per heavy atom. The highest BCUT2D eigenvalue weighted by molar-refractivity contribution is 7.99. The van der Waals surface area contributed by atoms with Crippen LogP contribution in [0.4, 0.5) is 0 Å². The van der Waals surface area contributed by atoms with E-state index in [1.165, 1.54) is 36.1 Å². The van der Waals surface area contributed by atoms with Crippen LogP contribution in [0.15, 0.2) is 40.3 Å². The van der Waals surface area contributed by atoms with E-state index in [1.54, 1.807) is 23.1 Å². The lowest BCUT2D eigenvalue weighted by Crippen LogP contribution is -2.28. The van der Waals surface area contributed by atoms with E-state index in [2.05, 4.69) is 32.9 Å². The molecule has 0 radical (unpaired) electrons. The summed E-state index contributed by atoms with van der Waals surface area (Å²) in [5.41, 5.74) is 2.41. The summed E-state index contributed by atoms with van der Waals surface area (Å²) in [4.78, 5) is 20.9. The molecule has 3 aromatic rings. The van der Waals surface area contributed by atoms with Gasteiger partial charge in [0, 0.05) is 17.1 Å². The molecule has 1 atom stereocenters. The zero-order valence-electron chi connectivity index (χ0n) is 19.4. The molecule has 0 spiro atoms. The summed E-state index contributed by atoms with van der Waals surface area (Å²) < 4.78 is 7.98. The molecule has 172 valence electrons. The van der Waals surface area contributed by atoms with E-state index in [0.29, 0.717) is 19.1 Å². The van der Waals surface area contributed by atoms with Crippen molar-refractivity contribution in [2.75, 3.05) is 5.75 Å². The molecule has 0 aliphatic carbocycles. The SMILES string of the molecule is CCCCCCCSc1nc2sc3c(c2c(=O)n1Cc1ccccc1)C[C@H](C(C)C)OC3. The van der Waals surface area contributed by atoms with Gasteiger partial charge in [0.05, 0.1) is 24.6 Å². The van der Waals surface area contributed by atoms with Gasteiger partial charge >= 0.3 is 0 Å². The minimum absolute atomic E-state index is 0.106. The molecular formula is C26H34N2O2S2. The number of hydrogen-bond acceptors (Lipinski definition) is 5. The Kier molecular flexibility index (Phi) is 8.08. The van der Waals surface area contributed by atoms with Gasteiger partial charge in [0.1, 0.15) is 4.83 Å². The quantitative estimate of drug-likeness (QED) is 0.189. The second-order valence-corrected chi connectivity index (χ2v) is 11.2. The molecule has 1 aliphatic rings. The van der Waals surface area contributed by atoms with Crippen LogP contribution in [0.1, 0.15) is 68.9 Å². The Morgan fingerprint density at radius 1 is 1.19 bits per heavy atom. The zero-order chi connectivity index (χ0) is 22.5. The van der Waals surface area contributed by atoms with Gasteiger partial charge in [0.15, 0.2) is 5.16 Å². The van der Waals surface area contributed by atoms with E-state index in [1.807, 2.05) is 22.8 Å². The lowest BCUT2D eigenvalue weighted by atomic mass is 9.96. The molecule has 0 N–H and O–H groups in total. The van der Waals surface area contributed by atoms with Gasteiger partial charge in [0.2, 0.25) is 0 Å². The smallest absolute Gasteiger partial charge is 0.263 e. The van der Waals surface area contributed by atoms with Crippen LogP contribution >= 0.6 is 23.1 Å². The Bertz CT molecular complexity index is 1090. The van der Waals surface area contributed by atoms with Crippen molar-refractivity contribution in [3.8, 4) is 0 Å². The first-order valence-corrected chi connectivity index (χ1v) is 13.7. The van der Waals surface area contributed by atoms with Crippen LogP contribution in [0.25, 0.3) is 10.2 Å². The van der Waals surface area contributed by atoms with Crippen molar-refractivity contribution in [1.82, 2.24) is 9.55 Å². The minimum atomic E-state index is 0.106. The number of rotatable bonds is 10. The predicted octanol–water partition coefficient (Wildman–Crippen LogP) is 6.67. The van der Waals surface area contributed by atoms with Crippen molar-refractivity contribution in [1.29, 1.82) is 0 Å². The third-order valence-corrected chi connectivity index (χ3v) is 8.36. The number of unbranched alkanes of at least 4 members (excludes halogenated alkanes) is 4. The molecule has 0 fully saturated rings. The summed E-state index contributed by atoms with van der Waals surface area (Å²) in [6, 6.07) is 10.2. The first-order chi connectivity index (χ1) is 15.6. The maximum absolute atomic E-state index is 13.8. The molecule has 0 unspecified atom stereocenters.